The molecule has 9 heteroatoms. The van der Waals surface area contributed by atoms with Crippen LogP contribution in [0, 0.1) is 17.8 Å². The van der Waals surface area contributed by atoms with Crippen LogP contribution in [0.2, 0.25) is 0 Å². The van der Waals surface area contributed by atoms with Crippen LogP contribution in [-0.2, 0) is 20.7 Å². The summed E-state index contributed by atoms with van der Waals surface area (Å²) in [7, 11) is 3.22. The van der Waals surface area contributed by atoms with E-state index in [2.05, 4.69) is 19.2 Å². The number of hydrogen-bond acceptors (Lipinski definition) is 7. The number of alkyl carbamates (subject to hydrolysis) is 1. The number of carboxylic acids is 1. The first-order chi connectivity index (χ1) is 17.8. The molecule has 9 nitrogen and oxygen atoms in total. The lowest BCUT2D eigenvalue weighted by Gasteiger charge is -2.32. The third-order valence-electron chi connectivity index (χ3n) is 6.17. The molecule has 0 fully saturated rings. The van der Waals surface area contributed by atoms with Crippen LogP contribution in [0.1, 0.15) is 59.9 Å². The normalized spacial score (nSPS) is 15.1. The third-order valence-corrected chi connectivity index (χ3v) is 6.17. The first-order valence-electron chi connectivity index (χ1n) is 13.1. The number of carbonyl (C=O) groups is 2. The zero-order valence-corrected chi connectivity index (χ0v) is 24.2. The molecule has 0 heterocycles. The number of methoxy groups -OCH3 is 2. The molecule has 0 unspecified atom stereocenters. The Morgan fingerprint density at radius 2 is 1.68 bits per heavy atom. The summed E-state index contributed by atoms with van der Waals surface area (Å²) in [5.74, 6) is -0.239. The third kappa shape index (κ3) is 12.6. The Bertz CT molecular complexity index is 893. The first kappa shape index (κ1) is 33.2. The highest BCUT2D eigenvalue weighted by molar-refractivity contribution is 5.70. The molecule has 216 valence electrons. The molecule has 0 bridgehead atoms. The number of aliphatic carboxylic acids is 1. The summed E-state index contributed by atoms with van der Waals surface area (Å²) < 4.78 is 21.8. The van der Waals surface area contributed by atoms with Gasteiger partial charge in [-0.1, -0.05) is 32.9 Å². The van der Waals surface area contributed by atoms with E-state index in [0.717, 1.165) is 5.56 Å². The van der Waals surface area contributed by atoms with Crippen molar-refractivity contribution in [3.63, 3.8) is 0 Å². The van der Waals surface area contributed by atoms with E-state index < -0.39 is 35.7 Å². The fraction of sp³-hybridized carbons (Fsp3) is 0.655. The standard InChI is InChI=1S/C29H47NO8/c1-19(2)22(16-21-11-12-25(36-8)26(17-21)37-14-10-9-13-35-7)18-23(24(31)15-20(3)27(32)33)30-28(34)38-29(4,5)6/h9-12,17,19-20,22-24,31H,13-16,18H2,1-8H3,(H,30,34)(H,32,33)/t20-,22+,23+,24+/m1/s1. The highest BCUT2D eigenvalue weighted by atomic mass is 16.6. The Balaban J connectivity index is 3.11. The quantitative estimate of drug-likeness (QED) is 0.256. The minimum absolute atomic E-state index is 0.0116. The number of rotatable bonds is 16. The van der Waals surface area contributed by atoms with Gasteiger partial charge in [0.05, 0.1) is 31.8 Å². The van der Waals surface area contributed by atoms with E-state index in [9.17, 15) is 19.8 Å². The Hall–Kier alpha value is -2.78. The van der Waals surface area contributed by atoms with Crippen LogP contribution in [0.25, 0.3) is 0 Å². The van der Waals surface area contributed by atoms with Gasteiger partial charge in [0.15, 0.2) is 11.5 Å². The Kier molecular flexibility index (Phi) is 14.2. The molecule has 1 rings (SSSR count). The van der Waals surface area contributed by atoms with Crippen LogP contribution in [0.4, 0.5) is 4.79 Å². The van der Waals surface area contributed by atoms with Crippen LogP contribution in [0.15, 0.2) is 30.4 Å². The van der Waals surface area contributed by atoms with Gasteiger partial charge >= 0.3 is 12.1 Å². The van der Waals surface area contributed by atoms with Crippen LogP contribution in [0.3, 0.4) is 0 Å². The Morgan fingerprint density at radius 3 is 2.24 bits per heavy atom. The molecule has 0 spiro atoms. The minimum atomic E-state index is -1.05. The average molecular weight is 538 g/mol. The topological polar surface area (TPSA) is 124 Å². The number of nitrogens with one attached hydrogen (secondary N) is 1. The maximum Gasteiger partial charge on any atom is 0.407 e. The summed E-state index contributed by atoms with van der Waals surface area (Å²) in [4.78, 5) is 24.0. The highest BCUT2D eigenvalue weighted by Crippen LogP contribution is 2.31. The van der Waals surface area contributed by atoms with Crippen molar-refractivity contribution in [2.75, 3.05) is 27.4 Å². The molecule has 1 amide bonds. The Labute approximate surface area is 227 Å². The van der Waals surface area contributed by atoms with Crippen molar-refractivity contribution in [3.05, 3.63) is 35.9 Å². The van der Waals surface area contributed by atoms with Gasteiger partial charge in [-0.3, -0.25) is 4.79 Å². The SMILES string of the molecule is COCC=CCOc1cc(C[C@@H](C[C@H](NC(=O)OC(C)(C)C)[C@@H](O)C[C@@H](C)C(=O)O)C(C)C)ccc1OC. The summed E-state index contributed by atoms with van der Waals surface area (Å²) in [6.45, 7) is 11.9. The van der Waals surface area contributed by atoms with E-state index in [1.54, 1.807) is 41.9 Å². The van der Waals surface area contributed by atoms with Crippen LogP contribution in [-0.4, -0.2) is 67.5 Å². The van der Waals surface area contributed by atoms with Crippen molar-refractivity contribution >= 4 is 12.1 Å². The number of hydrogen-bond donors (Lipinski definition) is 3. The number of benzene rings is 1. The molecule has 1 aromatic carbocycles. The van der Waals surface area contributed by atoms with E-state index in [0.29, 0.717) is 37.6 Å². The molecule has 38 heavy (non-hydrogen) atoms. The molecule has 0 saturated heterocycles. The predicted octanol–water partition coefficient (Wildman–Crippen LogP) is 4.85. The smallest absolute Gasteiger partial charge is 0.407 e. The van der Waals surface area contributed by atoms with E-state index >= 15 is 0 Å². The van der Waals surface area contributed by atoms with Crippen molar-refractivity contribution < 1.29 is 38.7 Å². The monoisotopic (exact) mass is 537 g/mol. The van der Waals surface area contributed by atoms with Gasteiger partial charge in [0.25, 0.3) is 0 Å². The zero-order valence-electron chi connectivity index (χ0n) is 24.2. The van der Waals surface area contributed by atoms with Gasteiger partial charge < -0.3 is 34.5 Å². The molecule has 1 aromatic rings. The molecule has 0 aliphatic carbocycles. The van der Waals surface area contributed by atoms with Gasteiger partial charge in [-0.05, 0) is 75.6 Å². The molecule has 0 aromatic heterocycles. The van der Waals surface area contributed by atoms with E-state index in [1.807, 2.05) is 30.4 Å². The summed E-state index contributed by atoms with van der Waals surface area (Å²) in [6, 6.07) is 5.10. The van der Waals surface area contributed by atoms with Crippen molar-refractivity contribution in [2.24, 2.45) is 17.8 Å². The zero-order chi connectivity index (χ0) is 28.9. The largest absolute Gasteiger partial charge is 0.493 e. The fourth-order valence-corrected chi connectivity index (χ4v) is 3.95. The molecule has 0 saturated carbocycles. The second-order valence-corrected chi connectivity index (χ2v) is 11.0. The lowest BCUT2D eigenvalue weighted by molar-refractivity contribution is -0.142. The van der Waals surface area contributed by atoms with Gasteiger partial charge in [0.2, 0.25) is 0 Å². The molecule has 0 aliphatic heterocycles. The van der Waals surface area contributed by atoms with Crippen LogP contribution >= 0.6 is 0 Å². The second kappa shape index (κ2) is 16.2. The molecular formula is C29H47NO8. The van der Waals surface area contributed by atoms with Gasteiger partial charge in [-0.2, -0.15) is 0 Å². The highest BCUT2D eigenvalue weighted by Gasteiger charge is 2.31. The number of aliphatic hydroxyl groups excluding tert-OH is 1. The van der Waals surface area contributed by atoms with Gasteiger partial charge in [0.1, 0.15) is 12.2 Å². The number of aliphatic hydroxyl groups is 1. The summed E-state index contributed by atoms with van der Waals surface area (Å²) in [5, 5.41) is 23.1. The van der Waals surface area contributed by atoms with Crippen molar-refractivity contribution in [1.82, 2.24) is 5.32 Å². The van der Waals surface area contributed by atoms with E-state index in [-0.39, 0.29) is 18.3 Å². The predicted molar refractivity (Wildman–Crippen MR) is 147 cm³/mol. The maximum absolute atomic E-state index is 12.6. The van der Waals surface area contributed by atoms with E-state index in [4.69, 9.17) is 18.9 Å². The molecule has 4 atom stereocenters. The van der Waals surface area contributed by atoms with Gasteiger partial charge in [0, 0.05) is 7.11 Å². The van der Waals surface area contributed by atoms with Gasteiger partial charge in [-0.25, -0.2) is 4.79 Å². The second-order valence-electron chi connectivity index (χ2n) is 11.0. The van der Waals surface area contributed by atoms with E-state index in [1.165, 1.54) is 0 Å². The Morgan fingerprint density at radius 1 is 1.03 bits per heavy atom. The lowest BCUT2D eigenvalue weighted by atomic mass is 9.82. The number of ether oxygens (including phenoxy) is 4. The van der Waals surface area contributed by atoms with Crippen molar-refractivity contribution in [1.29, 1.82) is 0 Å². The molecular weight excluding hydrogens is 490 g/mol. The maximum atomic E-state index is 12.6. The summed E-state index contributed by atoms with van der Waals surface area (Å²) >= 11 is 0. The average Bonchev–Trinajstić information content (AvgIpc) is 2.81. The first-order valence-corrected chi connectivity index (χ1v) is 13.1. The summed E-state index contributed by atoms with van der Waals surface area (Å²) in [6.07, 6.45) is 3.16. The fourth-order valence-electron chi connectivity index (χ4n) is 3.95. The lowest BCUT2D eigenvalue weighted by Crippen LogP contribution is -2.47. The van der Waals surface area contributed by atoms with Crippen molar-refractivity contribution in [2.45, 2.75) is 78.6 Å². The number of carbonyl (C=O) groups excluding carboxylic acids is 1. The molecule has 0 aliphatic rings. The number of carboxylic acid groups (broad SMARTS) is 1. The molecule has 0 radical (unpaired) electrons. The molecule has 3 N–H and O–H groups in total. The summed E-state index contributed by atoms with van der Waals surface area (Å²) in [5.41, 5.74) is 0.314. The number of amides is 1. The van der Waals surface area contributed by atoms with Crippen LogP contribution < -0.4 is 14.8 Å². The van der Waals surface area contributed by atoms with Gasteiger partial charge in [-0.15, -0.1) is 0 Å². The minimum Gasteiger partial charge on any atom is -0.493 e. The van der Waals surface area contributed by atoms with Crippen molar-refractivity contribution in [3.8, 4) is 11.5 Å². The van der Waals surface area contributed by atoms with Crippen LogP contribution in [0.5, 0.6) is 11.5 Å².